The third kappa shape index (κ3) is 11.4. The highest BCUT2D eigenvalue weighted by Gasteiger charge is 2.18. The number of nitrogens with one attached hydrogen (secondary N) is 3. The van der Waals surface area contributed by atoms with Crippen LogP contribution in [0.1, 0.15) is 55.1 Å². The summed E-state index contributed by atoms with van der Waals surface area (Å²) in [5.74, 6) is -0.340. The van der Waals surface area contributed by atoms with Gasteiger partial charge in [0.15, 0.2) is 0 Å². The number of urea groups is 1. The van der Waals surface area contributed by atoms with Crippen LogP contribution in [0.25, 0.3) is 0 Å². The molecule has 3 rings (SSSR count). The number of para-hydroxylation sites is 2. The summed E-state index contributed by atoms with van der Waals surface area (Å²) in [7, 11) is 4.04. The maximum Gasteiger partial charge on any atom is 0.412 e. The number of nitrogens with zero attached hydrogens (tertiary/aromatic N) is 3. The third-order valence-corrected chi connectivity index (χ3v) is 6.46. The van der Waals surface area contributed by atoms with Crippen molar-refractivity contribution in [2.45, 2.75) is 52.2 Å². The van der Waals surface area contributed by atoms with Crippen molar-refractivity contribution in [1.29, 1.82) is 5.26 Å². The van der Waals surface area contributed by atoms with Gasteiger partial charge in [-0.2, -0.15) is 5.26 Å². The highest BCUT2D eigenvalue weighted by molar-refractivity contribution is 6.06. The van der Waals surface area contributed by atoms with Crippen molar-refractivity contribution in [3.63, 3.8) is 0 Å². The van der Waals surface area contributed by atoms with Gasteiger partial charge in [-0.15, -0.1) is 0 Å². The molecule has 4 amide bonds. The van der Waals surface area contributed by atoms with Crippen molar-refractivity contribution in [1.82, 2.24) is 9.80 Å². The van der Waals surface area contributed by atoms with Gasteiger partial charge in [0.2, 0.25) is 0 Å². The monoisotopic (exact) mass is 598 g/mol. The van der Waals surface area contributed by atoms with E-state index in [1.165, 1.54) is 0 Å². The van der Waals surface area contributed by atoms with Gasteiger partial charge < -0.3 is 25.2 Å². The number of unbranched alkanes of at least 4 members (excludes halogenated alkanes) is 1. The molecular formula is C34H42N6O4. The van der Waals surface area contributed by atoms with Gasteiger partial charge in [0.05, 0.1) is 23.9 Å². The third-order valence-electron chi connectivity index (χ3n) is 6.46. The minimum Gasteiger partial charge on any atom is -0.444 e. The predicted octanol–water partition coefficient (Wildman–Crippen LogP) is 6.73. The van der Waals surface area contributed by atoms with Gasteiger partial charge in [-0.05, 0) is 102 Å². The lowest BCUT2D eigenvalue weighted by Gasteiger charge is -2.24. The van der Waals surface area contributed by atoms with Gasteiger partial charge in [0, 0.05) is 24.3 Å². The van der Waals surface area contributed by atoms with E-state index in [-0.39, 0.29) is 11.9 Å². The molecule has 3 aromatic carbocycles. The Morgan fingerprint density at radius 1 is 0.795 bits per heavy atom. The Labute approximate surface area is 260 Å². The van der Waals surface area contributed by atoms with E-state index in [1.54, 1.807) is 74.2 Å². The second-order valence-electron chi connectivity index (χ2n) is 11.7. The second kappa shape index (κ2) is 16.1. The van der Waals surface area contributed by atoms with Gasteiger partial charge in [-0.1, -0.05) is 36.4 Å². The number of nitriles is 1. The normalized spacial score (nSPS) is 10.9. The lowest BCUT2D eigenvalue weighted by atomic mass is 10.1. The van der Waals surface area contributed by atoms with Gasteiger partial charge in [0.25, 0.3) is 5.91 Å². The molecule has 0 unspecified atom stereocenters. The molecule has 0 fully saturated rings. The molecule has 232 valence electrons. The predicted molar refractivity (Wildman–Crippen MR) is 174 cm³/mol. The summed E-state index contributed by atoms with van der Waals surface area (Å²) in [4.78, 5) is 42.5. The van der Waals surface area contributed by atoms with Crippen LogP contribution in [-0.2, 0) is 17.7 Å². The summed E-state index contributed by atoms with van der Waals surface area (Å²) in [6.07, 6.45) is 1.48. The fourth-order valence-electron chi connectivity index (χ4n) is 4.27. The number of benzene rings is 3. The number of rotatable bonds is 12. The number of carbonyl (C=O) groups excluding carboxylic acids is 3. The number of hydrogen-bond acceptors (Lipinski definition) is 6. The van der Waals surface area contributed by atoms with Crippen molar-refractivity contribution in [3.05, 3.63) is 89.5 Å². The van der Waals surface area contributed by atoms with Crippen LogP contribution < -0.4 is 16.0 Å². The lowest BCUT2D eigenvalue weighted by molar-refractivity contribution is 0.0635. The molecule has 3 aromatic rings. The van der Waals surface area contributed by atoms with Gasteiger partial charge in [-0.3, -0.25) is 10.1 Å². The molecule has 0 aliphatic heterocycles. The summed E-state index contributed by atoms with van der Waals surface area (Å²) in [5.41, 5.74) is 3.05. The minimum absolute atomic E-state index is 0.223. The standard InChI is InChI=1S/C34H42N6O4/c1-34(2,3)44-33(43)38-30-11-7-6-10-29(30)37-31(41)27-16-12-26(13-17-27)24-40(23-9-8-22-39(4)5)32(42)36-28-18-14-25(15-19-28)20-21-35/h6-7,10-19H,8-9,20,22-24H2,1-5H3,(H,36,42)(H,37,41)(H,38,43). The van der Waals surface area contributed by atoms with E-state index in [0.29, 0.717) is 42.1 Å². The van der Waals surface area contributed by atoms with Crippen molar-refractivity contribution in [3.8, 4) is 6.07 Å². The van der Waals surface area contributed by atoms with E-state index >= 15 is 0 Å². The SMILES string of the molecule is CN(C)CCCCN(Cc1ccc(C(=O)Nc2ccccc2NC(=O)OC(C)(C)C)cc1)C(=O)Nc1ccc(CC#N)cc1. The number of amides is 4. The molecule has 0 aliphatic carbocycles. The van der Waals surface area contributed by atoms with Crippen LogP contribution in [0, 0.1) is 11.3 Å². The fourth-order valence-corrected chi connectivity index (χ4v) is 4.27. The zero-order valence-electron chi connectivity index (χ0n) is 26.1. The minimum atomic E-state index is -0.656. The van der Waals surface area contributed by atoms with Crippen LogP contribution in [0.4, 0.5) is 26.7 Å². The summed E-state index contributed by atoms with van der Waals surface area (Å²) in [5, 5.41) is 17.4. The first kappa shape index (κ1) is 33.6. The molecule has 10 heteroatoms. The summed E-state index contributed by atoms with van der Waals surface area (Å²) < 4.78 is 5.33. The first-order chi connectivity index (χ1) is 20.9. The molecule has 0 spiro atoms. The van der Waals surface area contributed by atoms with Crippen LogP contribution in [0.15, 0.2) is 72.8 Å². The Balaban J connectivity index is 1.67. The number of carbonyl (C=O) groups is 3. The lowest BCUT2D eigenvalue weighted by Crippen LogP contribution is -2.35. The van der Waals surface area contributed by atoms with Gasteiger partial charge in [-0.25, -0.2) is 9.59 Å². The zero-order valence-corrected chi connectivity index (χ0v) is 26.1. The fraction of sp³-hybridized carbons (Fsp3) is 0.353. The van der Waals surface area contributed by atoms with E-state index in [9.17, 15) is 14.4 Å². The topological polar surface area (TPSA) is 127 Å². The van der Waals surface area contributed by atoms with Crippen LogP contribution in [0.3, 0.4) is 0 Å². The van der Waals surface area contributed by atoms with Crippen LogP contribution >= 0.6 is 0 Å². The molecule has 0 heterocycles. The number of anilines is 3. The van der Waals surface area contributed by atoms with Crippen molar-refractivity contribution in [2.75, 3.05) is 43.1 Å². The van der Waals surface area contributed by atoms with E-state index < -0.39 is 11.7 Å². The number of ether oxygens (including phenoxy) is 1. The molecule has 0 radical (unpaired) electrons. The molecule has 0 bridgehead atoms. The second-order valence-corrected chi connectivity index (χ2v) is 11.7. The highest BCUT2D eigenvalue weighted by atomic mass is 16.6. The first-order valence-electron chi connectivity index (χ1n) is 14.6. The molecule has 10 nitrogen and oxygen atoms in total. The van der Waals surface area contributed by atoms with Gasteiger partial charge >= 0.3 is 12.1 Å². The molecule has 3 N–H and O–H groups in total. The van der Waals surface area contributed by atoms with Crippen molar-refractivity contribution in [2.24, 2.45) is 0 Å². The average molecular weight is 599 g/mol. The van der Waals surface area contributed by atoms with E-state index in [0.717, 1.165) is 30.5 Å². The van der Waals surface area contributed by atoms with Gasteiger partial charge in [0.1, 0.15) is 5.60 Å². The van der Waals surface area contributed by atoms with Crippen LogP contribution in [0.5, 0.6) is 0 Å². The zero-order chi connectivity index (χ0) is 32.1. The maximum atomic E-state index is 13.3. The molecular weight excluding hydrogens is 556 g/mol. The summed E-state index contributed by atoms with van der Waals surface area (Å²) in [6.45, 7) is 7.18. The maximum absolute atomic E-state index is 13.3. The van der Waals surface area contributed by atoms with Crippen molar-refractivity contribution >= 4 is 35.1 Å². The van der Waals surface area contributed by atoms with E-state index in [1.807, 2.05) is 38.4 Å². The molecule has 44 heavy (non-hydrogen) atoms. The van der Waals surface area contributed by atoms with Crippen LogP contribution in [-0.4, -0.2) is 60.6 Å². The smallest absolute Gasteiger partial charge is 0.412 e. The molecule has 0 saturated carbocycles. The van der Waals surface area contributed by atoms with Crippen LogP contribution in [0.2, 0.25) is 0 Å². The molecule has 0 aromatic heterocycles. The summed E-state index contributed by atoms with van der Waals surface area (Å²) in [6, 6.07) is 23.1. The molecule has 0 aliphatic rings. The molecule has 0 saturated heterocycles. The Hall–Kier alpha value is -4.88. The Morgan fingerprint density at radius 3 is 1.98 bits per heavy atom. The first-order valence-corrected chi connectivity index (χ1v) is 14.6. The Kier molecular flexibility index (Phi) is 12.3. The Morgan fingerprint density at radius 2 is 1.39 bits per heavy atom. The number of hydrogen-bond donors (Lipinski definition) is 3. The van der Waals surface area contributed by atoms with E-state index in [4.69, 9.17) is 10.00 Å². The van der Waals surface area contributed by atoms with Crippen molar-refractivity contribution < 1.29 is 19.1 Å². The Bertz CT molecular complexity index is 1440. The highest BCUT2D eigenvalue weighted by Crippen LogP contribution is 2.23. The quantitative estimate of drug-likeness (QED) is 0.199. The molecule has 0 atom stereocenters. The average Bonchev–Trinajstić information content (AvgIpc) is 2.96. The summed E-state index contributed by atoms with van der Waals surface area (Å²) >= 11 is 0. The van der Waals surface area contributed by atoms with E-state index in [2.05, 4.69) is 26.9 Å². The largest absolute Gasteiger partial charge is 0.444 e.